The molecule has 0 N–H and O–H groups in total. The van der Waals surface area contributed by atoms with Gasteiger partial charge in [-0.3, -0.25) is 14.2 Å². The summed E-state index contributed by atoms with van der Waals surface area (Å²) < 4.78 is 22.5. The fourth-order valence-corrected chi connectivity index (χ4v) is 5.96. The number of hydrogen-bond donors (Lipinski definition) is 0. The number of carbonyl (C=O) groups excluding carboxylic acids is 1. The van der Waals surface area contributed by atoms with Gasteiger partial charge in [0, 0.05) is 19.0 Å². The van der Waals surface area contributed by atoms with Crippen LogP contribution in [0.3, 0.4) is 0 Å². The van der Waals surface area contributed by atoms with E-state index in [9.17, 15) is 18.8 Å². The van der Waals surface area contributed by atoms with Crippen molar-refractivity contribution in [2.45, 2.75) is 71.1 Å². The Bertz CT molecular complexity index is 1740. The number of fused-ring (bicyclic) bond motifs is 1. The van der Waals surface area contributed by atoms with Crippen molar-refractivity contribution < 1.29 is 13.9 Å². The molecule has 5 rings (SSSR count). The number of benzene rings is 2. The molecule has 8 nitrogen and oxygen atoms in total. The number of aromatic nitrogens is 3. The van der Waals surface area contributed by atoms with E-state index < -0.39 is 22.7 Å². The minimum Gasteiger partial charge on any atom is -0.460 e. The highest BCUT2D eigenvalue weighted by molar-refractivity contribution is 5.76. The quantitative estimate of drug-likeness (QED) is 0.252. The van der Waals surface area contributed by atoms with E-state index in [0.717, 1.165) is 29.9 Å². The number of halogens is 1. The van der Waals surface area contributed by atoms with Crippen LogP contribution in [0.15, 0.2) is 70.4 Å². The lowest BCUT2D eigenvalue weighted by molar-refractivity contribution is -0.156. The van der Waals surface area contributed by atoms with Crippen molar-refractivity contribution in [2.24, 2.45) is 5.92 Å². The monoisotopic (exact) mass is 586 g/mol. The Hall–Kier alpha value is -4.11. The highest BCUT2D eigenvalue weighted by Crippen LogP contribution is 2.33. The van der Waals surface area contributed by atoms with Crippen LogP contribution >= 0.6 is 0 Å². The zero-order valence-electron chi connectivity index (χ0n) is 25.5. The van der Waals surface area contributed by atoms with Crippen LogP contribution in [0.2, 0.25) is 0 Å². The predicted molar refractivity (Wildman–Crippen MR) is 166 cm³/mol. The standard InChI is InChI=1S/C34H39FN4O4/c1-34(2,3)43-30(40)17-22-11-15-27(16-12-22)39-32(41)29-19-26(35)20-36-31(29)38(33(39)42)28-8-6-7-25(18-28)24-13-9-23(10-14-24)21-37(4)5/h6-10,13-14,18-20,22,27H,11-12,15-17,21H2,1-5H3. The van der Waals surface area contributed by atoms with Gasteiger partial charge in [0.2, 0.25) is 0 Å². The Morgan fingerprint density at radius 2 is 1.70 bits per heavy atom. The Morgan fingerprint density at radius 1 is 1.00 bits per heavy atom. The molecule has 0 aliphatic heterocycles. The molecule has 0 atom stereocenters. The van der Waals surface area contributed by atoms with Crippen LogP contribution in [0.5, 0.6) is 0 Å². The average Bonchev–Trinajstić information content (AvgIpc) is 2.94. The molecule has 226 valence electrons. The van der Waals surface area contributed by atoms with Crippen LogP contribution in [-0.4, -0.2) is 44.7 Å². The fraction of sp³-hybridized carbons (Fsp3) is 0.412. The third-order valence-electron chi connectivity index (χ3n) is 7.84. The molecule has 2 aromatic carbocycles. The second-order valence-corrected chi connectivity index (χ2v) is 12.8. The van der Waals surface area contributed by atoms with Gasteiger partial charge in [-0.15, -0.1) is 0 Å². The van der Waals surface area contributed by atoms with Crippen LogP contribution in [0.1, 0.15) is 64.5 Å². The normalized spacial score (nSPS) is 17.4. The number of hydrogen-bond acceptors (Lipinski definition) is 6. The van der Waals surface area contributed by atoms with E-state index in [2.05, 4.69) is 22.0 Å². The van der Waals surface area contributed by atoms with Crippen LogP contribution in [-0.2, 0) is 16.1 Å². The van der Waals surface area contributed by atoms with Gasteiger partial charge in [-0.1, -0.05) is 36.4 Å². The third-order valence-corrected chi connectivity index (χ3v) is 7.84. The van der Waals surface area contributed by atoms with Gasteiger partial charge in [0.05, 0.1) is 17.3 Å². The summed E-state index contributed by atoms with van der Waals surface area (Å²) >= 11 is 0. The zero-order valence-corrected chi connectivity index (χ0v) is 25.5. The Kier molecular flexibility index (Phi) is 8.64. The Morgan fingerprint density at radius 3 is 2.35 bits per heavy atom. The molecule has 2 aromatic heterocycles. The van der Waals surface area contributed by atoms with Crippen LogP contribution in [0.4, 0.5) is 4.39 Å². The summed E-state index contributed by atoms with van der Waals surface area (Å²) in [6, 6.07) is 16.5. The molecule has 0 amide bonds. The van der Waals surface area contributed by atoms with Gasteiger partial charge in [0.25, 0.3) is 5.56 Å². The zero-order chi connectivity index (χ0) is 30.9. The van der Waals surface area contributed by atoms with Crippen LogP contribution in [0, 0.1) is 11.7 Å². The van der Waals surface area contributed by atoms with Gasteiger partial charge in [-0.25, -0.2) is 18.7 Å². The number of carbonyl (C=O) groups is 1. The van der Waals surface area contributed by atoms with Crippen molar-refractivity contribution in [3.05, 3.63) is 93.0 Å². The molecular formula is C34H39FN4O4. The number of pyridine rings is 1. The summed E-state index contributed by atoms with van der Waals surface area (Å²) in [7, 11) is 4.04. The summed E-state index contributed by atoms with van der Waals surface area (Å²) in [6.07, 6.45) is 3.78. The smallest absolute Gasteiger partial charge is 0.337 e. The second-order valence-electron chi connectivity index (χ2n) is 12.8. The molecule has 2 heterocycles. The molecule has 43 heavy (non-hydrogen) atoms. The van der Waals surface area contributed by atoms with E-state index >= 15 is 0 Å². The third kappa shape index (κ3) is 6.94. The first-order chi connectivity index (χ1) is 20.4. The first-order valence-electron chi connectivity index (χ1n) is 14.8. The molecule has 0 bridgehead atoms. The lowest BCUT2D eigenvalue weighted by Gasteiger charge is -2.30. The molecule has 4 aromatic rings. The number of rotatable bonds is 7. The SMILES string of the molecule is CN(C)Cc1ccc(-c2cccc(-n3c(=O)n(C4CCC(CC(=O)OC(C)(C)C)CC4)c(=O)c4cc(F)cnc43)c2)cc1. The van der Waals surface area contributed by atoms with E-state index in [-0.39, 0.29) is 29.0 Å². The summed E-state index contributed by atoms with van der Waals surface area (Å²) in [6.45, 7) is 6.35. The van der Waals surface area contributed by atoms with Gasteiger partial charge in [0.1, 0.15) is 11.4 Å². The van der Waals surface area contributed by atoms with E-state index in [1.54, 1.807) is 6.07 Å². The Balaban J connectivity index is 1.50. The molecule has 1 aliphatic carbocycles. The maximum atomic E-state index is 14.4. The first-order valence-corrected chi connectivity index (χ1v) is 14.8. The van der Waals surface area contributed by atoms with Crippen molar-refractivity contribution in [2.75, 3.05) is 14.1 Å². The first kappa shape index (κ1) is 30.4. The van der Waals surface area contributed by atoms with Crippen molar-refractivity contribution in [1.82, 2.24) is 19.0 Å². The van der Waals surface area contributed by atoms with Crippen molar-refractivity contribution in [3.8, 4) is 16.8 Å². The van der Waals surface area contributed by atoms with Gasteiger partial charge in [-0.05, 0) is 101 Å². The summed E-state index contributed by atoms with van der Waals surface area (Å²) in [4.78, 5) is 46.5. The van der Waals surface area contributed by atoms with E-state index in [1.807, 2.05) is 65.2 Å². The Labute approximate surface area is 250 Å². The largest absolute Gasteiger partial charge is 0.460 e. The molecule has 1 aliphatic rings. The highest BCUT2D eigenvalue weighted by atomic mass is 19.1. The maximum Gasteiger partial charge on any atom is 0.337 e. The molecule has 0 radical (unpaired) electrons. The fourth-order valence-electron chi connectivity index (χ4n) is 5.96. The number of nitrogens with zero attached hydrogens (tertiary/aromatic N) is 4. The summed E-state index contributed by atoms with van der Waals surface area (Å²) in [5.41, 5.74) is 2.12. The van der Waals surface area contributed by atoms with Crippen LogP contribution in [0.25, 0.3) is 27.8 Å². The topological polar surface area (TPSA) is 86.4 Å². The molecular weight excluding hydrogens is 547 g/mol. The molecule has 0 spiro atoms. The number of ether oxygens (including phenoxy) is 1. The van der Waals surface area contributed by atoms with Crippen LogP contribution < -0.4 is 11.2 Å². The van der Waals surface area contributed by atoms with Crippen molar-refractivity contribution in [1.29, 1.82) is 0 Å². The van der Waals surface area contributed by atoms with Gasteiger partial charge in [-0.2, -0.15) is 0 Å². The van der Waals surface area contributed by atoms with E-state index in [1.165, 1.54) is 14.7 Å². The van der Waals surface area contributed by atoms with E-state index in [4.69, 9.17) is 4.74 Å². The molecule has 1 saturated carbocycles. The second kappa shape index (κ2) is 12.2. The minimum atomic E-state index is -0.644. The minimum absolute atomic E-state index is 0.0499. The average molecular weight is 587 g/mol. The summed E-state index contributed by atoms with van der Waals surface area (Å²) in [5, 5.41) is 0.0499. The molecule has 0 unspecified atom stereocenters. The lowest BCUT2D eigenvalue weighted by Crippen LogP contribution is -2.43. The van der Waals surface area contributed by atoms with Crippen molar-refractivity contribution >= 4 is 17.0 Å². The molecule has 9 heteroatoms. The summed E-state index contributed by atoms with van der Waals surface area (Å²) in [5.74, 6) is -0.770. The maximum absolute atomic E-state index is 14.4. The molecule has 1 fully saturated rings. The highest BCUT2D eigenvalue weighted by Gasteiger charge is 2.29. The predicted octanol–water partition coefficient (Wildman–Crippen LogP) is 5.88. The van der Waals surface area contributed by atoms with Gasteiger partial charge >= 0.3 is 11.7 Å². The number of esters is 1. The van der Waals surface area contributed by atoms with Crippen molar-refractivity contribution in [3.63, 3.8) is 0 Å². The molecule has 0 saturated heterocycles. The lowest BCUT2D eigenvalue weighted by atomic mass is 9.84. The van der Waals surface area contributed by atoms with E-state index in [0.29, 0.717) is 37.8 Å². The van der Waals surface area contributed by atoms with Gasteiger partial charge < -0.3 is 9.64 Å². The van der Waals surface area contributed by atoms with Gasteiger partial charge in [0.15, 0.2) is 5.65 Å².